The molecule has 0 unspecified atom stereocenters. The number of carbonyl (C=O) groups is 2. The van der Waals surface area contributed by atoms with Crippen molar-refractivity contribution in [3.8, 4) is 0 Å². The van der Waals surface area contributed by atoms with Crippen molar-refractivity contribution < 1.29 is 19.1 Å². The second kappa shape index (κ2) is 11.4. The summed E-state index contributed by atoms with van der Waals surface area (Å²) in [5.74, 6) is -0.162. The van der Waals surface area contributed by atoms with E-state index in [0.29, 0.717) is 26.3 Å². The molecule has 0 radical (unpaired) electrons. The Morgan fingerprint density at radius 2 is 0.917 bits per heavy atom. The second-order valence-electron chi connectivity index (χ2n) is 6.82. The third-order valence-corrected chi connectivity index (χ3v) is 4.35. The second-order valence-corrected chi connectivity index (χ2v) is 6.82. The average Bonchev–Trinajstić information content (AvgIpc) is 3.45. The molecule has 0 aromatic rings. The average molecular weight is 340 g/mol. The molecule has 2 aliphatic rings. The highest BCUT2D eigenvalue weighted by atomic mass is 16.5. The summed E-state index contributed by atoms with van der Waals surface area (Å²) < 4.78 is 10.4. The number of hydrogen-bond donors (Lipinski definition) is 0. The maximum atomic E-state index is 11.4. The molecule has 0 saturated carbocycles. The van der Waals surface area contributed by atoms with Crippen molar-refractivity contribution in [3.05, 3.63) is 0 Å². The van der Waals surface area contributed by atoms with Crippen molar-refractivity contribution in [2.24, 2.45) is 0 Å². The van der Waals surface area contributed by atoms with Crippen molar-refractivity contribution >= 4 is 11.9 Å². The van der Waals surface area contributed by atoms with Crippen LogP contribution < -0.4 is 0 Å². The predicted molar refractivity (Wildman–Crippen MR) is 91.7 cm³/mol. The first-order valence-electron chi connectivity index (χ1n) is 9.50. The molecule has 0 aromatic carbocycles. The van der Waals surface area contributed by atoms with E-state index >= 15 is 0 Å². The van der Waals surface area contributed by atoms with Gasteiger partial charge in [-0.15, -0.1) is 0 Å². The Labute approximate surface area is 145 Å². The lowest BCUT2D eigenvalue weighted by Gasteiger charge is -2.06. The van der Waals surface area contributed by atoms with E-state index in [1.54, 1.807) is 0 Å². The van der Waals surface area contributed by atoms with Crippen molar-refractivity contribution in [1.82, 2.24) is 9.80 Å². The summed E-state index contributed by atoms with van der Waals surface area (Å²) in [4.78, 5) is 26.8. The predicted octanol–water partition coefficient (Wildman–Crippen LogP) is 1.82. The Balaban J connectivity index is 1.23. The van der Waals surface area contributed by atoms with E-state index in [4.69, 9.17) is 9.47 Å². The molecule has 0 aliphatic carbocycles. The molecule has 0 spiro atoms. The van der Waals surface area contributed by atoms with Gasteiger partial charge in [-0.1, -0.05) is 38.5 Å². The van der Waals surface area contributed by atoms with Gasteiger partial charge >= 0.3 is 11.9 Å². The van der Waals surface area contributed by atoms with Crippen LogP contribution in [0.3, 0.4) is 0 Å². The fourth-order valence-corrected chi connectivity index (χ4v) is 2.55. The Morgan fingerprint density at radius 3 is 1.25 bits per heavy atom. The molecule has 2 heterocycles. The molecule has 2 aliphatic heterocycles. The molecular weight excluding hydrogens is 308 g/mol. The fraction of sp³-hybridized carbons (Fsp3) is 0.889. The largest absolute Gasteiger partial charge is 0.465 e. The van der Waals surface area contributed by atoms with Gasteiger partial charge in [-0.3, -0.25) is 19.4 Å². The molecule has 24 heavy (non-hydrogen) atoms. The van der Waals surface area contributed by atoms with Crippen LogP contribution in [0.4, 0.5) is 0 Å². The Kier molecular flexibility index (Phi) is 9.13. The summed E-state index contributed by atoms with van der Waals surface area (Å²) >= 11 is 0. The van der Waals surface area contributed by atoms with Crippen molar-refractivity contribution in [1.29, 1.82) is 0 Å². The van der Waals surface area contributed by atoms with Gasteiger partial charge in [0.2, 0.25) is 0 Å². The molecule has 6 nitrogen and oxygen atoms in total. The number of rotatable bonds is 15. The summed E-state index contributed by atoms with van der Waals surface area (Å²) in [7, 11) is 0. The van der Waals surface area contributed by atoms with E-state index in [9.17, 15) is 9.59 Å². The lowest BCUT2D eigenvalue weighted by Crippen LogP contribution is -2.16. The van der Waals surface area contributed by atoms with Crippen LogP contribution in [0.2, 0.25) is 0 Å². The van der Waals surface area contributed by atoms with E-state index in [0.717, 1.165) is 51.9 Å². The molecule has 2 saturated heterocycles. The molecule has 0 atom stereocenters. The number of ether oxygens (including phenoxy) is 2. The summed E-state index contributed by atoms with van der Waals surface area (Å²) in [6.45, 7) is 6.21. The molecule has 0 aromatic heterocycles. The number of esters is 2. The fourth-order valence-electron chi connectivity index (χ4n) is 2.55. The first-order chi connectivity index (χ1) is 11.7. The summed E-state index contributed by atoms with van der Waals surface area (Å²) in [6.07, 6.45) is 9.07. The Bertz CT molecular complexity index is 345. The van der Waals surface area contributed by atoms with E-state index < -0.39 is 0 Å². The van der Waals surface area contributed by atoms with Crippen LogP contribution in [0.5, 0.6) is 0 Å². The van der Waals surface area contributed by atoms with Crippen LogP contribution in [0.15, 0.2) is 0 Å². The first-order valence-corrected chi connectivity index (χ1v) is 9.50. The minimum Gasteiger partial charge on any atom is -0.465 e. The topological polar surface area (TPSA) is 58.6 Å². The summed E-state index contributed by atoms with van der Waals surface area (Å²) in [6, 6.07) is 0. The Hall–Kier alpha value is -1.14. The standard InChI is InChI=1S/C18H32N2O4/c21-17(15-19-9-10-19)23-13-7-5-3-1-2-4-6-8-14-24-18(22)16-20-11-12-20/h1-16H2. The van der Waals surface area contributed by atoms with Crippen LogP contribution >= 0.6 is 0 Å². The van der Waals surface area contributed by atoms with Crippen LogP contribution in [0.25, 0.3) is 0 Å². The van der Waals surface area contributed by atoms with Gasteiger partial charge in [-0.25, -0.2) is 0 Å². The van der Waals surface area contributed by atoms with Crippen molar-refractivity contribution in [3.63, 3.8) is 0 Å². The minimum atomic E-state index is -0.0810. The van der Waals surface area contributed by atoms with Gasteiger partial charge in [-0.2, -0.15) is 0 Å². The maximum absolute atomic E-state index is 11.4. The Morgan fingerprint density at radius 1 is 0.583 bits per heavy atom. The highest BCUT2D eigenvalue weighted by Crippen LogP contribution is 2.09. The van der Waals surface area contributed by atoms with E-state index in [1.165, 1.54) is 25.7 Å². The van der Waals surface area contributed by atoms with Gasteiger partial charge in [0.25, 0.3) is 0 Å². The van der Waals surface area contributed by atoms with Gasteiger partial charge in [0.1, 0.15) is 0 Å². The zero-order chi connectivity index (χ0) is 17.0. The molecule has 0 bridgehead atoms. The number of hydrogen-bond acceptors (Lipinski definition) is 6. The van der Waals surface area contributed by atoms with Crippen LogP contribution in [0.1, 0.15) is 51.4 Å². The summed E-state index contributed by atoms with van der Waals surface area (Å²) in [5.41, 5.74) is 0. The van der Waals surface area contributed by atoms with Gasteiger partial charge in [0.05, 0.1) is 26.3 Å². The number of nitrogens with zero attached hydrogens (tertiary/aromatic N) is 2. The number of carbonyl (C=O) groups excluding carboxylic acids is 2. The first kappa shape index (κ1) is 19.2. The van der Waals surface area contributed by atoms with E-state index in [1.807, 2.05) is 0 Å². The zero-order valence-electron chi connectivity index (χ0n) is 14.8. The highest BCUT2D eigenvalue weighted by Gasteiger charge is 2.21. The van der Waals surface area contributed by atoms with Gasteiger partial charge in [-0.05, 0) is 12.8 Å². The zero-order valence-corrected chi connectivity index (χ0v) is 14.8. The smallest absolute Gasteiger partial charge is 0.320 e. The van der Waals surface area contributed by atoms with Crippen LogP contribution in [-0.2, 0) is 19.1 Å². The van der Waals surface area contributed by atoms with E-state index in [2.05, 4.69) is 9.80 Å². The monoisotopic (exact) mass is 340 g/mol. The molecule has 0 N–H and O–H groups in total. The third kappa shape index (κ3) is 10.6. The summed E-state index contributed by atoms with van der Waals surface area (Å²) in [5, 5.41) is 0. The SMILES string of the molecule is O=C(CN1CC1)OCCCCCCCCCCOC(=O)CN1CC1. The third-order valence-electron chi connectivity index (χ3n) is 4.35. The molecule has 2 rings (SSSR count). The molecule has 138 valence electrons. The molecule has 2 fully saturated rings. The maximum Gasteiger partial charge on any atom is 0.320 e. The highest BCUT2D eigenvalue weighted by molar-refractivity contribution is 5.72. The van der Waals surface area contributed by atoms with Crippen LogP contribution in [0, 0.1) is 0 Å². The van der Waals surface area contributed by atoms with Crippen molar-refractivity contribution in [2.75, 3.05) is 52.5 Å². The number of unbranched alkanes of at least 4 members (excludes halogenated alkanes) is 7. The molecular formula is C18H32N2O4. The quantitative estimate of drug-likeness (QED) is 0.257. The van der Waals surface area contributed by atoms with Gasteiger partial charge in [0, 0.05) is 26.2 Å². The minimum absolute atomic E-state index is 0.0810. The molecule has 6 heteroatoms. The van der Waals surface area contributed by atoms with Gasteiger partial charge < -0.3 is 9.47 Å². The van der Waals surface area contributed by atoms with Crippen molar-refractivity contribution in [2.45, 2.75) is 51.4 Å². The van der Waals surface area contributed by atoms with Crippen LogP contribution in [-0.4, -0.2) is 74.2 Å². The van der Waals surface area contributed by atoms with E-state index in [-0.39, 0.29) is 11.9 Å². The van der Waals surface area contributed by atoms with Gasteiger partial charge in [0.15, 0.2) is 0 Å². The normalized spacial score (nSPS) is 16.8. The lowest BCUT2D eigenvalue weighted by atomic mass is 10.1. The molecule has 0 amide bonds. The lowest BCUT2D eigenvalue weighted by molar-refractivity contribution is -0.144.